The molecule has 10 heteroatoms. The van der Waals surface area contributed by atoms with Crippen LogP contribution in [-0.4, -0.2) is 95.3 Å². The fourth-order valence-electron chi connectivity index (χ4n) is 4.40. The van der Waals surface area contributed by atoms with E-state index in [2.05, 4.69) is 5.32 Å². The van der Waals surface area contributed by atoms with Gasteiger partial charge in [-0.3, -0.25) is 9.59 Å². The van der Waals surface area contributed by atoms with Crippen LogP contribution in [0.4, 0.5) is 0 Å². The fourth-order valence-corrected chi connectivity index (χ4v) is 4.40. The first-order valence-electron chi connectivity index (χ1n) is 14.0. The van der Waals surface area contributed by atoms with Crippen molar-refractivity contribution in [1.29, 1.82) is 0 Å². The van der Waals surface area contributed by atoms with Gasteiger partial charge in [0.05, 0.1) is 21.3 Å². The summed E-state index contributed by atoms with van der Waals surface area (Å²) >= 11 is 0. The zero-order valence-corrected chi connectivity index (χ0v) is 24.5. The molecule has 2 rings (SSSR count). The van der Waals surface area contributed by atoms with E-state index in [-0.39, 0.29) is 11.8 Å². The van der Waals surface area contributed by atoms with Gasteiger partial charge in [0.15, 0.2) is 11.5 Å². The molecule has 0 bridgehead atoms. The molecule has 0 aliphatic rings. The molecular formula is C30H47N5O5. The number of nitrogens with one attached hydrogen (secondary N) is 1. The van der Waals surface area contributed by atoms with E-state index in [1.807, 2.05) is 28.9 Å². The Bertz CT molecular complexity index is 1060. The molecule has 222 valence electrons. The van der Waals surface area contributed by atoms with E-state index >= 15 is 0 Å². The third-order valence-electron chi connectivity index (χ3n) is 6.69. The number of amides is 2. The van der Waals surface area contributed by atoms with Gasteiger partial charge in [0.2, 0.25) is 0 Å². The van der Waals surface area contributed by atoms with Gasteiger partial charge in [-0.15, -0.1) is 0 Å². The largest absolute Gasteiger partial charge is 0.496 e. The van der Waals surface area contributed by atoms with Gasteiger partial charge in [0.25, 0.3) is 11.8 Å². The van der Waals surface area contributed by atoms with Gasteiger partial charge in [-0.25, -0.2) is 0 Å². The lowest BCUT2D eigenvalue weighted by atomic mass is 10.1. The van der Waals surface area contributed by atoms with Crippen LogP contribution in [-0.2, 0) is 0 Å². The zero-order chi connectivity index (χ0) is 29.3. The summed E-state index contributed by atoms with van der Waals surface area (Å²) in [5.41, 5.74) is 13.6. The predicted octanol–water partition coefficient (Wildman–Crippen LogP) is 2.67. The van der Waals surface area contributed by atoms with Crippen LogP contribution in [0.5, 0.6) is 17.2 Å². The summed E-state index contributed by atoms with van der Waals surface area (Å²) in [4.78, 5) is 30.1. The zero-order valence-electron chi connectivity index (χ0n) is 24.5. The van der Waals surface area contributed by atoms with E-state index in [1.54, 1.807) is 45.6 Å². The lowest BCUT2D eigenvalue weighted by molar-refractivity contribution is 0.0748. The molecule has 0 unspecified atom stereocenters. The highest BCUT2D eigenvalue weighted by Crippen LogP contribution is 2.28. The summed E-state index contributed by atoms with van der Waals surface area (Å²) in [5, 5.41) is 3.44. The maximum absolute atomic E-state index is 13.2. The van der Waals surface area contributed by atoms with Gasteiger partial charge in [-0.1, -0.05) is 6.07 Å². The SMILES string of the molecule is COc1cc(C(=O)N(CCCN)CCCNCCCN(CCCN)C(=O)c2ccc(OC)c(OC)c2)ccc1C. The summed E-state index contributed by atoms with van der Waals surface area (Å²) in [6, 6.07) is 10.7. The average molecular weight is 558 g/mol. The molecule has 0 atom stereocenters. The van der Waals surface area contributed by atoms with E-state index in [9.17, 15) is 9.59 Å². The second-order valence-electron chi connectivity index (χ2n) is 9.58. The monoisotopic (exact) mass is 557 g/mol. The molecule has 0 radical (unpaired) electrons. The van der Waals surface area contributed by atoms with Gasteiger partial charge in [0, 0.05) is 37.3 Å². The Balaban J connectivity index is 1.85. The van der Waals surface area contributed by atoms with Crippen molar-refractivity contribution in [2.75, 3.05) is 73.7 Å². The van der Waals surface area contributed by atoms with Crippen molar-refractivity contribution in [3.05, 3.63) is 53.1 Å². The third kappa shape index (κ3) is 10.0. The second kappa shape index (κ2) is 18.1. The number of nitrogens with zero attached hydrogens (tertiary/aromatic N) is 2. The third-order valence-corrected chi connectivity index (χ3v) is 6.69. The van der Waals surface area contributed by atoms with Crippen LogP contribution < -0.4 is 31.0 Å². The molecule has 2 amide bonds. The maximum atomic E-state index is 13.2. The number of benzene rings is 2. The van der Waals surface area contributed by atoms with Crippen molar-refractivity contribution in [3.63, 3.8) is 0 Å². The molecule has 10 nitrogen and oxygen atoms in total. The van der Waals surface area contributed by atoms with Crippen LogP contribution in [0, 0.1) is 6.92 Å². The number of ether oxygens (including phenoxy) is 3. The first-order valence-corrected chi connectivity index (χ1v) is 14.0. The maximum Gasteiger partial charge on any atom is 0.253 e. The van der Waals surface area contributed by atoms with Gasteiger partial charge in [0.1, 0.15) is 5.75 Å². The molecule has 0 fully saturated rings. The molecule has 0 heterocycles. The van der Waals surface area contributed by atoms with Crippen molar-refractivity contribution >= 4 is 11.8 Å². The van der Waals surface area contributed by atoms with Crippen molar-refractivity contribution in [1.82, 2.24) is 15.1 Å². The first-order chi connectivity index (χ1) is 19.4. The predicted molar refractivity (Wildman–Crippen MR) is 159 cm³/mol. The molecular weight excluding hydrogens is 510 g/mol. The number of aryl methyl sites for hydroxylation is 1. The first kappa shape index (κ1) is 32.9. The van der Waals surface area contributed by atoms with E-state index in [0.717, 1.165) is 44.3 Å². The Labute approximate surface area is 238 Å². The Kier molecular flexibility index (Phi) is 14.9. The standard InChI is InChI=1S/C30H47N5O5/c1-23-9-10-24(21-27(23)39-3)29(36)34(17-5-13-31)19-7-15-33-16-8-20-35(18-6-14-32)30(37)25-11-12-26(38-2)28(22-25)40-4/h9-12,21-22,33H,5-8,13-20,31-32H2,1-4H3. The molecule has 0 spiro atoms. The van der Waals surface area contributed by atoms with E-state index in [4.69, 9.17) is 25.7 Å². The van der Waals surface area contributed by atoms with Gasteiger partial charge >= 0.3 is 0 Å². The van der Waals surface area contributed by atoms with E-state index in [0.29, 0.717) is 67.6 Å². The number of carbonyl (C=O) groups is 2. The number of rotatable bonds is 19. The highest BCUT2D eigenvalue weighted by atomic mass is 16.5. The van der Waals surface area contributed by atoms with Crippen LogP contribution in [0.15, 0.2) is 36.4 Å². The Morgan fingerprint density at radius 2 is 1.12 bits per heavy atom. The molecule has 0 saturated carbocycles. The van der Waals surface area contributed by atoms with Gasteiger partial charge in [-0.2, -0.15) is 0 Å². The normalized spacial score (nSPS) is 10.8. The highest BCUT2D eigenvalue weighted by molar-refractivity contribution is 5.95. The van der Waals surface area contributed by atoms with E-state index < -0.39 is 0 Å². The minimum Gasteiger partial charge on any atom is -0.496 e. The quantitative estimate of drug-likeness (QED) is 0.225. The van der Waals surface area contributed by atoms with Crippen LogP contribution in [0.1, 0.15) is 52.0 Å². The average Bonchev–Trinajstić information content (AvgIpc) is 2.98. The Hall–Kier alpha value is -3.34. The van der Waals surface area contributed by atoms with Crippen LogP contribution in [0.2, 0.25) is 0 Å². The summed E-state index contributed by atoms with van der Waals surface area (Å²) in [7, 11) is 4.73. The Morgan fingerprint density at radius 1 is 0.675 bits per heavy atom. The molecule has 5 N–H and O–H groups in total. The van der Waals surface area contributed by atoms with E-state index in [1.165, 1.54) is 0 Å². The number of methoxy groups -OCH3 is 3. The number of hydrogen-bond acceptors (Lipinski definition) is 8. The highest BCUT2D eigenvalue weighted by Gasteiger charge is 2.18. The molecule has 0 aliphatic heterocycles. The summed E-state index contributed by atoms with van der Waals surface area (Å²) in [6.07, 6.45) is 3.07. The summed E-state index contributed by atoms with van der Waals surface area (Å²) < 4.78 is 16.0. The van der Waals surface area contributed by atoms with Gasteiger partial charge < -0.3 is 40.8 Å². The van der Waals surface area contributed by atoms with Crippen molar-refractivity contribution < 1.29 is 23.8 Å². The second-order valence-corrected chi connectivity index (χ2v) is 9.58. The smallest absolute Gasteiger partial charge is 0.253 e. The molecule has 40 heavy (non-hydrogen) atoms. The van der Waals surface area contributed by atoms with Crippen molar-refractivity contribution in [2.45, 2.75) is 32.6 Å². The van der Waals surface area contributed by atoms with Crippen LogP contribution >= 0.6 is 0 Å². The molecule has 2 aromatic rings. The van der Waals surface area contributed by atoms with Crippen molar-refractivity contribution in [3.8, 4) is 17.2 Å². The van der Waals surface area contributed by atoms with Crippen molar-refractivity contribution in [2.24, 2.45) is 11.5 Å². The molecule has 0 aromatic heterocycles. The molecule has 0 aliphatic carbocycles. The van der Waals surface area contributed by atoms with Gasteiger partial charge in [-0.05, 0) is 94.7 Å². The number of nitrogens with two attached hydrogens (primary N) is 2. The number of hydrogen-bond donors (Lipinski definition) is 3. The molecule has 0 saturated heterocycles. The lowest BCUT2D eigenvalue weighted by Crippen LogP contribution is -2.36. The topological polar surface area (TPSA) is 132 Å². The fraction of sp³-hybridized carbons (Fsp3) is 0.533. The Morgan fingerprint density at radius 3 is 1.60 bits per heavy atom. The summed E-state index contributed by atoms with van der Waals surface area (Å²) in [6.45, 7) is 6.95. The van der Waals surface area contributed by atoms with Crippen LogP contribution in [0.3, 0.4) is 0 Å². The van der Waals surface area contributed by atoms with Crippen LogP contribution in [0.25, 0.3) is 0 Å². The molecule has 2 aromatic carbocycles. The number of carbonyl (C=O) groups excluding carboxylic acids is 2. The minimum absolute atomic E-state index is 0.0176. The summed E-state index contributed by atoms with van der Waals surface area (Å²) in [5.74, 6) is 1.73. The minimum atomic E-state index is -0.0591. The lowest BCUT2D eigenvalue weighted by Gasteiger charge is -2.24.